The van der Waals surface area contributed by atoms with Crippen molar-refractivity contribution in [2.45, 2.75) is 12.8 Å². The summed E-state index contributed by atoms with van der Waals surface area (Å²) in [6.07, 6.45) is 3.09. The molecule has 0 spiro atoms. The van der Waals surface area contributed by atoms with Gasteiger partial charge >= 0.3 is 5.69 Å². The molecule has 1 aliphatic rings. The average Bonchev–Trinajstić information content (AvgIpc) is 3.83. The van der Waals surface area contributed by atoms with E-state index in [1.165, 1.54) is 69.9 Å². The maximum atomic E-state index is 14.9. The molecule has 1 aliphatic carbocycles. The number of carbonyl (C=O) groups is 2. The van der Waals surface area contributed by atoms with Crippen LogP contribution in [0.5, 0.6) is 23.0 Å². The number of rotatable bonds is 9. The van der Waals surface area contributed by atoms with Crippen LogP contribution < -0.4 is 36.1 Å². The van der Waals surface area contributed by atoms with E-state index in [2.05, 4.69) is 20.7 Å². The van der Waals surface area contributed by atoms with Crippen molar-refractivity contribution in [3.05, 3.63) is 87.1 Å². The Kier molecular flexibility index (Phi) is 7.69. The van der Waals surface area contributed by atoms with Gasteiger partial charge in [0.1, 0.15) is 11.6 Å². The number of pyridine rings is 1. The highest BCUT2D eigenvalue weighted by Crippen LogP contribution is 2.31. The summed E-state index contributed by atoms with van der Waals surface area (Å²) in [5.41, 5.74) is -2.14. The van der Waals surface area contributed by atoms with Crippen LogP contribution in [0.2, 0.25) is 0 Å². The van der Waals surface area contributed by atoms with Gasteiger partial charge in [0.25, 0.3) is 11.5 Å². The molecule has 13 nitrogen and oxygen atoms in total. The number of hydrogen-bond acceptors (Lipinski definition) is 9. The molecule has 2 aromatic heterocycles. The van der Waals surface area contributed by atoms with Crippen LogP contribution in [-0.4, -0.2) is 45.4 Å². The van der Waals surface area contributed by atoms with Gasteiger partial charge in [0.05, 0.1) is 19.9 Å². The van der Waals surface area contributed by atoms with Crippen LogP contribution in [0.15, 0.2) is 64.3 Å². The van der Waals surface area contributed by atoms with Crippen molar-refractivity contribution < 1.29 is 28.2 Å². The molecule has 2 aromatic carbocycles. The fraction of sp³-hybridized carbons (Fsp3) is 0.214. The zero-order valence-corrected chi connectivity index (χ0v) is 22.7. The first-order valence-corrected chi connectivity index (χ1v) is 12.7. The third-order valence-electron chi connectivity index (χ3n) is 6.35. The highest BCUT2D eigenvalue weighted by Gasteiger charge is 2.29. The van der Waals surface area contributed by atoms with Gasteiger partial charge in [0.15, 0.2) is 23.1 Å². The van der Waals surface area contributed by atoms with Gasteiger partial charge in [-0.15, -0.1) is 0 Å². The highest BCUT2D eigenvalue weighted by atomic mass is 19.1. The molecule has 14 heteroatoms. The number of nitrogens with one attached hydrogen (secondary N) is 2. The first-order valence-electron chi connectivity index (χ1n) is 12.7. The largest absolute Gasteiger partial charge is 0.493 e. The number of halogens is 1. The second-order valence-electron chi connectivity index (χ2n) is 9.29. The Hall–Kier alpha value is -5.53. The zero-order chi connectivity index (χ0) is 30.0. The lowest BCUT2D eigenvalue weighted by molar-refractivity contribution is -0.117. The lowest BCUT2D eigenvalue weighted by atomic mass is 10.2. The first kappa shape index (κ1) is 28.0. The van der Waals surface area contributed by atoms with Gasteiger partial charge in [-0.2, -0.15) is 9.78 Å². The van der Waals surface area contributed by atoms with Crippen LogP contribution in [0.1, 0.15) is 23.3 Å². The smallest absolute Gasteiger partial charge is 0.351 e. The van der Waals surface area contributed by atoms with Gasteiger partial charge in [-0.1, -0.05) is 0 Å². The number of carbonyl (C=O) groups excluding carboxylic acids is 2. The van der Waals surface area contributed by atoms with Crippen molar-refractivity contribution in [3.63, 3.8) is 0 Å². The van der Waals surface area contributed by atoms with E-state index >= 15 is 0 Å². The van der Waals surface area contributed by atoms with E-state index < -0.39 is 28.7 Å². The van der Waals surface area contributed by atoms with Gasteiger partial charge in [0, 0.05) is 43.0 Å². The number of nitrogens with zero attached hydrogens (tertiary/aromatic N) is 4. The fourth-order valence-corrected chi connectivity index (χ4v) is 3.94. The number of amides is 2. The van der Waals surface area contributed by atoms with E-state index in [0.29, 0.717) is 11.5 Å². The molecule has 0 radical (unpaired) electrons. The second-order valence-corrected chi connectivity index (χ2v) is 9.29. The molecular weight excluding hydrogens is 551 g/mol. The lowest BCUT2D eigenvalue weighted by Gasteiger charge is -2.13. The molecule has 42 heavy (non-hydrogen) atoms. The van der Waals surface area contributed by atoms with Crippen LogP contribution in [0.4, 0.5) is 15.9 Å². The third-order valence-corrected chi connectivity index (χ3v) is 6.35. The van der Waals surface area contributed by atoms with Gasteiger partial charge < -0.3 is 24.8 Å². The summed E-state index contributed by atoms with van der Waals surface area (Å²) in [5, 5.41) is 9.08. The summed E-state index contributed by atoms with van der Waals surface area (Å²) < 4.78 is 32.6. The fourth-order valence-electron chi connectivity index (χ4n) is 3.94. The molecule has 1 saturated carbocycles. The van der Waals surface area contributed by atoms with E-state index in [4.69, 9.17) is 14.2 Å². The highest BCUT2D eigenvalue weighted by molar-refractivity contribution is 6.02. The summed E-state index contributed by atoms with van der Waals surface area (Å²) in [4.78, 5) is 54.6. The van der Waals surface area contributed by atoms with E-state index in [0.717, 1.165) is 28.2 Å². The Labute approximate surface area is 237 Å². The summed E-state index contributed by atoms with van der Waals surface area (Å²) in [7, 11) is 4.06. The van der Waals surface area contributed by atoms with Crippen molar-refractivity contribution in [1.29, 1.82) is 0 Å². The Morgan fingerprint density at radius 1 is 0.952 bits per heavy atom. The molecule has 0 atom stereocenters. The van der Waals surface area contributed by atoms with E-state index in [-0.39, 0.29) is 40.5 Å². The minimum atomic E-state index is -0.969. The Morgan fingerprint density at radius 2 is 1.69 bits per heavy atom. The van der Waals surface area contributed by atoms with Gasteiger partial charge in [-0.25, -0.2) is 14.2 Å². The molecule has 0 bridgehead atoms. The monoisotopic (exact) mass is 576 g/mol. The molecule has 2 N–H and O–H groups in total. The van der Waals surface area contributed by atoms with Crippen LogP contribution in [-0.2, 0) is 11.8 Å². The van der Waals surface area contributed by atoms with E-state index in [1.54, 1.807) is 0 Å². The minimum absolute atomic E-state index is 0.00434. The Bertz CT molecular complexity index is 1820. The van der Waals surface area contributed by atoms with Crippen molar-refractivity contribution >= 4 is 23.3 Å². The van der Waals surface area contributed by atoms with Crippen molar-refractivity contribution in [2.75, 3.05) is 24.9 Å². The maximum absolute atomic E-state index is 14.9. The maximum Gasteiger partial charge on any atom is 0.351 e. The SMILES string of the molecule is COc1ccc(-n2nc(C(=O)Nc3ccc(Oc4ccnc(NC(=O)C5CC5)c4)c(F)c3)c(=O)n(C)c2=O)cc1OC. The normalized spacial score (nSPS) is 12.4. The lowest BCUT2D eigenvalue weighted by Crippen LogP contribution is -2.43. The molecular formula is C28H25FN6O7. The zero-order valence-electron chi connectivity index (χ0n) is 22.7. The molecule has 2 amide bonds. The quantitative estimate of drug-likeness (QED) is 0.306. The third kappa shape index (κ3) is 5.82. The molecule has 0 unspecified atom stereocenters. The number of ether oxygens (including phenoxy) is 3. The average molecular weight is 577 g/mol. The number of hydrogen-bond donors (Lipinski definition) is 2. The van der Waals surface area contributed by atoms with E-state index in [9.17, 15) is 23.6 Å². The molecule has 4 aromatic rings. The standard InChI is InChI=1S/C28H25FN6O7/c1-34-27(38)24(33-35(28(34)39)17-7-9-21(40-2)22(13-17)41-3)26(37)31-16-6-8-20(19(29)12-16)42-18-10-11-30-23(14-18)32-25(36)15-4-5-15/h6-15H,4-5H2,1-3H3,(H,31,37)(H,30,32,36). The number of benzene rings is 2. The van der Waals surface area contributed by atoms with Gasteiger partial charge in [-0.3, -0.25) is 19.0 Å². The molecule has 216 valence electrons. The molecule has 0 saturated heterocycles. The molecule has 2 heterocycles. The van der Waals surface area contributed by atoms with E-state index in [1.807, 2.05) is 0 Å². The first-order chi connectivity index (χ1) is 20.2. The van der Waals surface area contributed by atoms with Crippen LogP contribution in [0.25, 0.3) is 5.69 Å². The topological polar surface area (TPSA) is 156 Å². The van der Waals surface area contributed by atoms with Crippen molar-refractivity contribution in [1.82, 2.24) is 19.3 Å². The number of anilines is 2. The van der Waals surface area contributed by atoms with Crippen LogP contribution in [0, 0.1) is 11.7 Å². The van der Waals surface area contributed by atoms with Gasteiger partial charge in [-0.05, 0) is 43.2 Å². The number of methoxy groups -OCH3 is 2. The summed E-state index contributed by atoms with van der Waals surface area (Å²) in [6, 6.07) is 11.1. The van der Waals surface area contributed by atoms with Crippen molar-refractivity contribution in [3.8, 4) is 28.7 Å². The predicted octanol–water partition coefficient (Wildman–Crippen LogP) is 2.88. The summed E-state index contributed by atoms with van der Waals surface area (Å²) in [5.74, 6) is -0.879. The Morgan fingerprint density at radius 3 is 2.38 bits per heavy atom. The molecule has 0 aliphatic heterocycles. The molecule has 5 rings (SSSR count). The van der Waals surface area contributed by atoms with Crippen LogP contribution >= 0.6 is 0 Å². The van der Waals surface area contributed by atoms with Crippen LogP contribution in [0.3, 0.4) is 0 Å². The Balaban J connectivity index is 1.35. The molecule has 1 fully saturated rings. The van der Waals surface area contributed by atoms with Gasteiger partial charge in [0.2, 0.25) is 11.6 Å². The second kappa shape index (κ2) is 11.5. The summed E-state index contributed by atoms with van der Waals surface area (Å²) in [6.45, 7) is 0. The minimum Gasteiger partial charge on any atom is -0.493 e. The predicted molar refractivity (Wildman–Crippen MR) is 148 cm³/mol. The summed E-state index contributed by atoms with van der Waals surface area (Å²) >= 11 is 0. The number of aromatic nitrogens is 4. The van der Waals surface area contributed by atoms with Crippen molar-refractivity contribution in [2.24, 2.45) is 13.0 Å².